The molecule has 3 amide bonds. The maximum absolute atomic E-state index is 12.5. The van der Waals surface area contributed by atoms with E-state index in [0.717, 1.165) is 16.5 Å². The van der Waals surface area contributed by atoms with Gasteiger partial charge in [-0.3, -0.25) is 4.79 Å². The fraction of sp³-hybridized carbons (Fsp3) is 0.0435. The van der Waals surface area contributed by atoms with Gasteiger partial charge in [0.15, 0.2) is 0 Å². The number of aromatic amines is 1. The minimum Gasteiger partial charge on any atom is -0.433 e. The van der Waals surface area contributed by atoms with Crippen molar-refractivity contribution in [2.75, 3.05) is 10.6 Å². The summed E-state index contributed by atoms with van der Waals surface area (Å²) in [5, 5.41) is 5.95. The molecule has 7 nitrogen and oxygen atoms in total. The van der Waals surface area contributed by atoms with Crippen LogP contribution in [0.4, 0.5) is 25.0 Å². The van der Waals surface area contributed by atoms with Gasteiger partial charge in [-0.25, -0.2) is 4.79 Å². The summed E-state index contributed by atoms with van der Waals surface area (Å²) >= 11 is 0. The second-order valence-corrected chi connectivity index (χ2v) is 6.82. The second kappa shape index (κ2) is 8.76. The number of alkyl halides is 2. The van der Waals surface area contributed by atoms with Gasteiger partial charge in [0.05, 0.1) is 5.69 Å². The quantitative estimate of drug-likeness (QED) is 0.334. The number of hydrogen-bond acceptors (Lipinski definition) is 3. The molecule has 32 heavy (non-hydrogen) atoms. The lowest BCUT2D eigenvalue weighted by atomic mass is 10.0. The van der Waals surface area contributed by atoms with E-state index >= 15 is 0 Å². The van der Waals surface area contributed by atoms with Crippen LogP contribution in [0.1, 0.15) is 10.5 Å². The van der Waals surface area contributed by atoms with E-state index in [0.29, 0.717) is 16.9 Å². The highest BCUT2D eigenvalue weighted by atomic mass is 19.3. The molecule has 0 aliphatic heterocycles. The first-order valence-corrected chi connectivity index (χ1v) is 9.55. The average molecular weight is 436 g/mol. The molecule has 3 aromatic carbocycles. The number of aromatic nitrogens is 1. The number of halogens is 2. The molecular formula is C23H18F2N4O3. The van der Waals surface area contributed by atoms with Crippen molar-refractivity contribution < 1.29 is 23.1 Å². The van der Waals surface area contributed by atoms with Gasteiger partial charge >= 0.3 is 12.6 Å². The number of hydrogen-bond donors (Lipinski definition) is 4. The summed E-state index contributed by atoms with van der Waals surface area (Å²) in [6, 6.07) is 19.5. The van der Waals surface area contributed by atoms with Crippen molar-refractivity contribution in [2.24, 2.45) is 5.73 Å². The second-order valence-electron chi connectivity index (χ2n) is 6.82. The molecule has 4 aromatic rings. The van der Waals surface area contributed by atoms with E-state index in [1.807, 2.05) is 24.3 Å². The predicted octanol–water partition coefficient (Wildman–Crippen LogP) is 5.18. The normalized spacial score (nSPS) is 10.8. The zero-order chi connectivity index (χ0) is 22.7. The Hall–Kier alpha value is -4.40. The number of amides is 3. The smallest absolute Gasteiger partial charge is 0.387 e. The van der Waals surface area contributed by atoms with Crippen molar-refractivity contribution in [1.82, 2.24) is 4.98 Å². The highest BCUT2D eigenvalue weighted by Crippen LogP contribution is 2.33. The Bertz CT molecular complexity index is 1290. The van der Waals surface area contributed by atoms with E-state index in [1.54, 1.807) is 30.3 Å². The number of rotatable bonds is 6. The van der Waals surface area contributed by atoms with Crippen LogP contribution < -0.4 is 21.1 Å². The van der Waals surface area contributed by atoms with E-state index in [1.165, 1.54) is 18.2 Å². The van der Waals surface area contributed by atoms with Crippen molar-refractivity contribution >= 4 is 34.2 Å². The Morgan fingerprint density at radius 1 is 0.906 bits per heavy atom. The third kappa shape index (κ3) is 4.36. The molecule has 0 bridgehead atoms. The molecule has 0 saturated carbocycles. The van der Waals surface area contributed by atoms with E-state index in [-0.39, 0.29) is 11.4 Å². The summed E-state index contributed by atoms with van der Waals surface area (Å²) in [6.45, 7) is -3.01. The average Bonchev–Trinajstić information content (AvgIpc) is 3.15. The summed E-state index contributed by atoms with van der Waals surface area (Å²) in [5.41, 5.74) is 8.57. The van der Waals surface area contributed by atoms with Crippen LogP contribution in [-0.4, -0.2) is 23.5 Å². The SMILES string of the molecule is NC(=O)c1[nH]c2ccccc2c1-c1ccc(NC(=O)Nc2ccccc2OC(F)F)cc1. The lowest BCUT2D eigenvalue weighted by molar-refractivity contribution is -0.0493. The molecule has 1 heterocycles. The summed E-state index contributed by atoms with van der Waals surface area (Å²) in [5.74, 6) is -0.728. The third-order valence-corrected chi connectivity index (χ3v) is 4.74. The number of para-hydroxylation sites is 3. The molecule has 9 heteroatoms. The van der Waals surface area contributed by atoms with Crippen molar-refractivity contribution in [3.63, 3.8) is 0 Å². The number of urea groups is 1. The zero-order valence-corrected chi connectivity index (χ0v) is 16.6. The molecule has 0 atom stereocenters. The van der Waals surface area contributed by atoms with E-state index in [4.69, 9.17) is 5.73 Å². The Kier molecular flexibility index (Phi) is 5.71. The minimum atomic E-state index is -3.01. The van der Waals surface area contributed by atoms with Crippen LogP contribution in [-0.2, 0) is 0 Å². The highest BCUT2D eigenvalue weighted by Gasteiger charge is 2.17. The first-order valence-electron chi connectivity index (χ1n) is 9.55. The van der Waals surface area contributed by atoms with Crippen LogP contribution in [0.25, 0.3) is 22.0 Å². The van der Waals surface area contributed by atoms with Crippen molar-refractivity contribution in [3.8, 4) is 16.9 Å². The minimum absolute atomic E-state index is 0.104. The van der Waals surface area contributed by atoms with Crippen LogP contribution in [0.3, 0.4) is 0 Å². The van der Waals surface area contributed by atoms with Gasteiger partial charge in [0.25, 0.3) is 5.91 Å². The molecule has 1 aromatic heterocycles. The lowest BCUT2D eigenvalue weighted by Gasteiger charge is -2.12. The lowest BCUT2D eigenvalue weighted by Crippen LogP contribution is -2.20. The molecule has 0 fully saturated rings. The van der Waals surface area contributed by atoms with Gasteiger partial charge in [0, 0.05) is 22.2 Å². The predicted molar refractivity (Wildman–Crippen MR) is 118 cm³/mol. The molecule has 4 rings (SSSR count). The number of primary amides is 1. The van der Waals surface area contributed by atoms with Gasteiger partial charge in [0.1, 0.15) is 11.4 Å². The highest BCUT2D eigenvalue weighted by molar-refractivity contribution is 6.09. The summed E-state index contributed by atoms with van der Waals surface area (Å²) < 4.78 is 29.5. The number of carbonyl (C=O) groups is 2. The molecule has 162 valence electrons. The third-order valence-electron chi connectivity index (χ3n) is 4.74. The Balaban J connectivity index is 1.53. The molecule has 0 radical (unpaired) electrons. The van der Waals surface area contributed by atoms with Crippen LogP contribution in [0, 0.1) is 0 Å². The number of nitrogens with one attached hydrogen (secondary N) is 3. The summed E-state index contributed by atoms with van der Waals surface area (Å²) in [4.78, 5) is 27.3. The Morgan fingerprint density at radius 3 is 2.31 bits per heavy atom. The maximum Gasteiger partial charge on any atom is 0.387 e. The fourth-order valence-corrected chi connectivity index (χ4v) is 3.40. The first-order chi connectivity index (χ1) is 15.4. The number of ether oxygens (including phenoxy) is 1. The Morgan fingerprint density at radius 2 is 1.59 bits per heavy atom. The molecule has 0 saturated heterocycles. The van der Waals surface area contributed by atoms with Gasteiger partial charge in [-0.05, 0) is 35.9 Å². The fourth-order valence-electron chi connectivity index (χ4n) is 3.40. The maximum atomic E-state index is 12.5. The van der Waals surface area contributed by atoms with Crippen LogP contribution >= 0.6 is 0 Å². The Labute approximate surface area is 181 Å². The summed E-state index contributed by atoms with van der Waals surface area (Å²) in [7, 11) is 0. The number of fused-ring (bicyclic) bond motifs is 1. The summed E-state index contributed by atoms with van der Waals surface area (Å²) in [6.07, 6.45) is 0. The molecule has 5 N–H and O–H groups in total. The largest absolute Gasteiger partial charge is 0.433 e. The number of H-pyrrole nitrogens is 1. The first kappa shape index (κ1) is 20.9. The van der Waals surface area contributed by atoms with Crippen LogP contribution in [0.2, 0.25) is 0 Å². The van der Waals surface area contributed by atoms with Crippen LogP contribution in [0.5, 0.6) is 5.75 Å². The van der Waals surface area contributed by atoms with Crippen LogP contribution in [0.15, 0.2) is 72.8 Å². The number of anilines is 2. The zero-order valence-electron chi connectivity index (χ0n) is 16.6. The molecule has 0 unspecified atom stereocenters. The number of carbonyl (C=O) groups excluding carboxylic acids is 2. The topological polar surface area (TPSA) is 109 Å². The van der Waals surface area contributed by atoms with Gasteiger partial charge in [-0.2, -0.15) is 8.78 Å². The van der Waals surface area contributed by atoms with Gasteiger partial charge < -0.3 is 26.1 Å². The van der Waals surface area contributed by atoms with E-state index in [2.05, 4.69) is 20.4 Å². The van der Waals surface area contributed by atoms with E-state index < -0.39 is 18.5 Å². The standard InChI is InChI=1S/C23H18F2N4O3/c24-22(25)32-18-8-4-3-7-17(18)29-23(31)27-14-11-9-13(10-12-14)19-15-5-1-2-6-16(15)28-20(19)21(26)30/h1-12,22,28H,(H2,26,30)(H2,27,29,31). The van der Waals surface area contributed by atoms with Gasteiger partial charge in [-0.1, -0.05) is 42.5 Å². The van der Waals surface area contributed by atoms with E-state index in [9.17, 15) is 18.4 Å². The van der Waals surface area contributed by atoms with Gasteiger partial charge in [0.2, 0.25) is 0 Å². The van der Waals surface area contributed by atoms with Gasteiger partial charge in [-0.15, -0.1) is 0 Å². The molecule has 0 aliphatic rings. The molecule has 0 spiro atoms. The van der Waals surface area contributed by atoms with Crippen molar-refractivity contribution in [3.05, 3.63) is 78.5 Å². The number of benzene rings is 3. The molecular weight excluding hydrogens is 418 g/mol. The van der Waals surface area contributed by atoms with Crippen molar-refractivity contribution in [1.29, 1.82) is 0 Å². The van der Waals surface area contributed by atoms with Crippen molar-refractivity contribution in [2.45, 2.75) is 6.61 Å². The molecule has 0 aliphatic carbocycles. The number of nitrogens with two attached hydrogens (primary N) is 1. The monoisotopic (exact) mass is 436 g/mol.